The first-order chi connectivity index (χ1) is 5.15. The van der Waals surface area contributed by atoms with Crippen molar-refractivity contribution in [2.24, 2.45) is 23.7 Å². The molecule has 1 aliphatic rings. The Kier molecular flexibility index (Phi) is 2.98. The lowest BCUT2D eigenvalue weighted by molar-refractivity contribution is 0.379. The predicted molar refractivity (Wildman–Crippen MR) is 50.5 cm³/mol. The molecule has 11 heavy (non-hydrogen) atoms. The van der Waals surface area contributed by atoms with Crippen LogP contribution in [0.2, 0.25) is 0 Å². The van der Waals surface area contributed by atoms with E-state index in [0.717, 1.165) is 23.7 Å². The van der Waals surface area contributed by atoms with Crippen molar-refractivity contribution in [3.05, 3.63) is 0 Å². The van der Waals surface area contributed by atoms with Crippen LogP contribution in [0.15, 0.2) is 0 Å². The first-order valence-electron chi connectivity index (χ1n) is 5.15. The second-order valence-electron chi connectivity index (χ2n) is 4.67. The molecule has 1 aliphatic carbocycles. The van der Waals surface area contributed by atoms with E-state index in [1.165, 1.54) is 19.3 Å². The minimum absolute atomic E-state index is 0.892. The van der Waals surface area contributed by atoms with Gasteiger partial charge in [0.2, 0.25) is 0 Å². The van der Waals surface area contributed by atoms with Crippen LogP contribution in [0.3, 0.4) is 0 Å². The molecular weight excluding hydrogens is 132 g/mol. The molecule has 1 fully saturated rings. The Labute approximate surface area is 71.4 Å². The Morgan fingerprint density at radius 2 is 1.91 bits per heavy atom. The molecule has 0 spiro atoms. The summed E-state index contributed by atoms with van der Waals surface area (Å²) in [6, 6.07) is 0. The molecule has 0 heteroatoms. The summed E-state index contributed by atoms with van der Waals surface area (Å²) in [7, 11) is 0. The molecule has 0 aromatic carbocycles. The van der Waals surface area contributed by atoms with Gasteiger partial charge in [0.05, 0.1) is 0 Å². The molecule has 0 saturated heterocycles. The van der Waals surface area contributed by atoms with Crippen molar-refractivity contribution in [1.29, 1.82) is 0 Å². The zero-order chi connectivity index (χ0) is 8.43. The average molecular weight is 154 g/mol. The molecule has 3 atom stereocenters. The molecular formula is C11H22. The summed E-state index contributed by atoms with van der Waals surface area (Å²) >= 11 is 0. The third-order valence-electron chi connectivity index (χ3n) is 3.08. The van der Waals surface area contributed by atoms with Crippen LogP contribution < -0.4 is 0 Å². The molecule has 0 amide bonds. The maximum atomic E-state index is 2.43. The summed E-state index contributed by atoms with van der Waals surface area (Å²) in [5.74, 6) is 4.05. The van der Waals surface area contributed by atoms with E-state index in [4.69, 9.17) is 0 Å². The molecule has 66 valence electrons. The van der Waals surface area contributed by atoms with Gasteiger partial charge in [0.25, 0.3) is 0 Å². The quantitative estimate of drug-likeness (QED) is 0.579. The molecule has 0 N–H and O–H groups in total. The third-order valence-corrected chi connectivity index (χ3v) is 3.08. The SMILES string of the molecule is CCC1CC1C(C)CC(C)C. The minimum atomic E-state index is 0.892. The van der Waals surface area contributed by atoms with E-state index in [9.17, 15) is 0 Å². The van der Waals surface area contributed by atoms with Gasteiger partial charge in [-0.3, -0.25) is 0 Å². The highest BCUT2D eigenvalue weighted by Crippen LogP contribution is 2.47. The van der Waals surface area contributed by atoms with Crippen LogP contribution in [0.1, 0.15) is 47.0 Å². The van der Waals surface area contributed by atoms with Gasteiger partial charge in [-0.2, -0.15) is 0 Å². The van der Waals surface area contributed by atoms with Gasteiger partial charge in [-0.15, -0.1) is 0 Å². The smallest absolute Gasteiger partial charge is 0.0357 e. The molecule has 0 aliphatic heterocycles. The summed E-state index contributed by atoms with van der Waals surface area (Å²) in [6.45, 7) is 9.42. The van der Waals surface area contributed by atoms with Crippen LogP contribution >= 0.6 is 0 Å². The number of hydrogen-bond donors (Lipinski definition) is 0. The molecule has 0 aromatic heterocycles. The summed E-state index contributed by atoms with van der Waals surface area (Å²) in [5.41, 5.74) is 0. The van der Waals surface area contributed by atoms with Gasteiger partial charge in [-0.25, -0.2) is 0 Å². The van der Waals surface area contributed by atoms with Crippen molar-refractivity contribution in [3.8, 4) is 0 Å². The van der Waals surface area contributed by atoms with Crippen molar-refractivity contribution >= 4 is 0 Å². The Bertz CT molecular complexity index is 115. The van der Waals surface area contributed by atoms with E-state index in [1.807, 2.05) is 0 Å². The Morgan fingerprint density at radius 3 is 2.27 bits per heavy atom. The first-order valence-corrected chi connectivity index (χ1v) is 5.15. The average Bonchev–Trinajstić information content (AvgIpc) is 2.63. The fourth-order valence-corrected chi connectivity index (χ4v) is 2.36. The first kappa shape index (κ1) is 9.09. The van der Waals surface area contributed by atoms with Crippen LogP contribution in [0.4, 0.5) is 0 Å². The highest BCUT2D eigenvalue weighted by molar-refractivity contribution is 4.88. The molecule has 0 radical (unpaired) electrons. The minimum Gasteiger partial charge on any atom is -0.0651 e. The summed E-state index contributed by atoms with van der Waals surface area (Å²) in [5, 5.41) is 0. The topological polar surface area (TPSA) is 0 Å². The monoisotopic (exact) mass is 154 g/mol. The van der Waals surface area contributed by atoms with Gasteiger partial charge in [0, 0.05) is 0 Å². The van der Waals surface area contributed by atoms with E-state index in [1.54, 1.807) is 0 Å². The molecule has 1 saturated carbocycles. The zero-order valence-corrected chi connectivity index (χ0v) is 8.43. The van der Waals surface area contributed by atoms with Crippen molar-refractivity contribution < 1.29 is 0 Å². The van der Waals surface area contributed by atoms with Crippen LogP contribution in [0.25, 0.3) is 0 Å². The maximum absolute atomic E-state index is 2.43. The van der Waals surface area contributed by atoms with E-state index < -0.39 is 0 Å². The molecule has 0 nitrogen and oxygen atoms in total. The standard InChI is InChI=1S/C11H22/c1-5-10-7-11(10)9(4)6-8(2)3/h8-11H,5-7H2,1-4H3. The molecule has 3 unspecified atom stereocenters. The highest BCUT2D eigenvalue weighted by Gasteiger charge is 2.38. The van der Waals surface area contributed by atoms with Crippen LogP contribution in [0.5, 0.6) is 0 Å². The van der Waals surface area contributed by atoms with Crippen molar-refractivity contribution in [2.75, 3.05) is 0 Å². The Hall–Kier alpha value is 0. The Balaban J connectivity index is 2.17. The molecule has 0 aromatic rings. The third kappa shape index (κ3) is 2.50. The van der Waals surface area contributed by atoms with E-state index in [-0.39, 0.29) is 0 Å². The predicted octanol–water partition coefficient (Wildman–Crippen LogP) is 3.71. The van der Waals surface area contributed by atoms with Gasteiger partial charge in [0.1, 0.15) is 0 Å². The largest absolute Gasteiger partial charge is 0.0651 e. The summed E-state index contributed by atoms with van der Waals surface area (Å²) in [4.78, 5) is 0. The van der Waals surface area contributed by atoms with Gasteiger partial charge in [-0.1, -0.05) is 34.1 Å². The lowest BCUT2D eigenvalue weighted by atomic mass is 9.93. The van der Waals surface area contributed by atoms with E-state index in [2.05, 4.69) is 27.7 Å². The van der Waals surface area contributed by atoms with Gasteiger partial charge < -0.3 is 0 Å². The maximum Gasteiger partial charge on any atom is -0.0357 e. The number of rotatable bonds is 4. The van der Waals surface area contributed by atoms with Gasteiger partial charge in [-0.05, 0) is 36.5 Å². The zero-order valence-electron chi connectivity index (χ0n) is 8.43. The van der Waals surface area contributed by atoms with Gasteiger partial charge >= 0.3 is 0 Å². The lowest BCUT2D eigenvalue weighted by Crippen LogP contribution is -2.03. The van der Waals surface area contributed by atoms with Crippen molar-refractivity contribution in [3.63, 3.8) is 0 Å². The summed E-state index contributed by atoms with van der Waals surface area (Å²) < 4.78 is 0. The lowest BCUT2D eigenvalue weighted by Gasteiger charge is -2.12. The molecule has 0 bridgehead atoms. The number of hydrogen-bond acceptors (Lipinski definition) is 0. The van der Waals surface area contributed by atoms with Crippen molar-refractivity contribution in [2.45, 2.75) is 47.0 Å². The molecule has 1 rings (SSSR count). The van der Waals surface area contributed by atoms with Gasteiger partial charge in [0.15, 0.2) is 0 Å². The van der Waals surface area contributed by atoms with E-state index >= 15 is 0 Å². The van der Waals surface area contributed by atoms with Crippen LogP contribution in [-0.4, -0.2) is 0 Å². The highest BCUT2D eigenvalue weighted by atomic mass is 14.4. The van der Waals surface area contributed by atoms with Crippen molar-refractivity contribution in [1.82, 2.24) is 0 Å². The Morgan fingerprint density at radius 1 is 1.27 bits per heavy atom. The fourth-order valence-electron chi connectivity index (χ4n) is 2.36. The van der Waals surface area contributed by atoms with E-state index in [0.29, 0.717) is 0 Å². The second kappa shape index (κ2) is 3.60. The normalized spacial score (nSPS) is 32.5. The second-order valence-corrected chi connectivity index (χ2v) is 4.67. The molecule has 0 heterocycles. The van der Waals surface area contributed by atoms with Crippen LogP contribution in [0, 0.1) is 23.7 Å². The summed E-state index contributed by atoms with van der Waals surface area (Å²) in [6.07, 6.45) is 4.36. The fraction of sp³-hybridized carbons (Fsp3) is 1.00. The van der Waals surface area contributed by atoms with Crippen LogP contribution in [-0.2, 0) is 0 Å².